The molecule has 0 bridgehead atoms. The van der Waals surface area contributed by atoms with Crippen LogP contribution in [0.1, 0.15) is 23.2 Å². The van der Waals surface area contributed by atoms with Crippen molar-refractivity contribution in [2.45, 2.75) is 25.1 Å². The van der Waals surface area contributed by atoms with Gasteiger partial charge in [0.05, 0.1) is 19.3 Å². The molecule has 2 unspecified atom stereocenters. The van der Waals surface area contributed by atoms with Gasteiger partial charge in [-0.2, -0.15) is 4.98 Å². The maximum Gasteiger partial charge on any atom is 0.244 e. The van der Waals surface area contributed by atoms with Crippen LogP contribution in [0.3, 0.4) is 0 Å². The average Bonchev–Trinajstić information content (AvgIpc) is 3.36. The second-order valence-electron chi connectivity index (χ2n) is 6.10. The summed E-state index contributed by atoms with van der Waals surface area (Å²) in [6.45, 7) is 1.39. The van der Waals surface area contributed by atoms with Crippen LogP contribution in [0.2, 0.25) is 0 Å². The SMILES string of the molecule is COc1ccc(-c2noc(C3CC(O)CN3Cc3cccs3)n2)cc1. The lowest BCUT2D eigenvalue weighted by atomic mass is 10.2. The van der Waals surface area contributed by atoms with E-state index in [9.17, 15) is 5.11 Å². The molecule has 1 aliphatic rings. The van der Waals surface area contributed by atoms with E-state index in [-0.39, 0.29) is 12.1 Å². The van der Waals surface area contributed by atoms with Crippen LogP contribution in [-0.4, -0.2) is 39.9 Å². The number of thiophene rings is 1. The molecule has 1 fully saturated rings. The number of hydrogen-bond acceptors (Lipinski definition) is 7. The number of benzene rings is 1. The lowest BCUT2D eigenvalue weighted by Gasteiger charge is -2.20. The molecule has 2 aromatic heterocycles. The second-order valence-corrected chi connectivity index (χ2v) is 7.13. The van der Waals surface area contributed by atoms with Gasteiger partial charge in [0.1, 0.15) is 5.75 Å². The summed E-state index contributed by atoms with van der Waals surface area (Å²) in [5.41, 5.74) is 0.874. The Hall–Kier alpha value is -2.22. The molecule has 4 rings (SSSR count). The summed E-state index contributed by atoms with van der Waals surface area (Å²) in [7, 11) is 1.63. The standard InChI is InChI=1S/C18H19N3O3S/c1-23-14-6-4-12(5-7-14)17-19-18(24-20-17)16-9-13(22)10-21(16)11-15-3-2-8-25-15/h2-8,13,16,22H,9-11H2,1H3. The first-order valence-corrected chi connectivity index (χ1v) is 9.03. The van der Waals surface area contributed by atoms with Gasteiger partial charge in [-0.25, -0.2) is 0 Å². The fourth-order valence-electron chi connectivity index (χ4n) is 3.14. The Kier molecular flexibility index (Phi) is 4.52. The predicted octanol–water partition coefficient (Wildman–Crippen LogP) is 3.11. The molecule has 0 spiro atoms. The van der Waals surface area contributed by atoms with Crippen molar-refractivity contribution in [3.05, 3.63) is 52.5 Å². The third-order valence-electron chi connectivity index (χ3n) is 4.40. The Morgan fingerprint density at radius 1 is 1.32 bits per heavy atom. The highest BCUT2D eigenvalue weighted by Crippen LogP contribution is 2.34. The maximum atomic E-state index is 10.1. The van der Waals surface area contributed by atoms with E-state index in [1.807, 2.05) is 30.3 Å². The fourth-order valence-corrected chi connectivity index (χ4v) is 3.87. The first kappa shape index (κ1) is 16.3. The fraction of sp³-hybridized carbons (Fsp3) is 0.333. The number of nitrogens with zero attached hydrogens (tertiary/aromatic N) is 3. The summed E-state index contributed by atoms with van der Waals surface area (Å²) in [6.07, 6.45) is 0.233. The normalized spacial score (nSPS) is 20.9. The number of methoxy groups -OCH3 is 1. The Morgan fingerprint density at radius 3 is 2.88 bits per heavy atom. The van der Waals surface area contributed by atoms with E-state index >= 15 is 0 Å². The highest BCUT2D eigenvalue weighted by molar-refractivity contribution is 7.09. The van der Waals surface area contributed by atoms with Crippen molar-refractivity contribution in [2.75, 3.05) is 13.7 Å². The molecule has 0 aliphatic carbocycles. The molecular formula is C18H19N3O3S. The molecule has 130 valence electrons. The van der Waals surface area contributed by atoms with Crippen LogP contribution in [-0.2, 0) is 6.54 Å². The van der Waals surface area contributed by atoms with Crippen LogP contribution in [0, 0.1) is 0 Å². The summed E-state index contributed by atoms with van der Waals surface area (Å²) in [5.74, 6) is 1.89. The molecule has 2 atom stereocenters. The molecule has 6 nitrogen and oxygen atoms in total. The number of aliphatic hydroxyl groups is 1. The van der Waals surface area contributed by atoms with Crippen molar-refractivity contribution in [2.24, 2.45) is 0 Å². The van der Waals surface area contributed by atoms with Crippen molar-refractivity contribution >= 4 is 11.3 Å². The maximum absolute atomic E-state index is 10.1. The number of aliphatic hydroxyl groups excluding tert-OH is 1. The van der Waals surface area contributed by atoms with Crippen LogP contribution in [0.5, 0.6) is 5.75 Å². The molecule has 1 saturated heterocycles. The molecule has 0 amide bonds. The topological polar surface area (TPSA) is 71.6 Å². The smallest absolute Gasteiger partial charge is 0.244 e. The molecule has 0 radical (unpaired) electrons. The Bertz CT molecular complexity index is 816. The Labute approximate surface area is 149 Å². The van der Waals surface area contributed by atoms with Gasteiger partial charge >= 0.3 is 0 Å². The molecule has 1 aromatic carbocycles. The zero-order valence-corrected chi connectivity index (χ0v) is 14.6. The largest absolute Gasteiger partial charge is 0.497 e. The van der Waals surface area contributed by atoms with Gasteiger partial charge in [-0.15, -0.1) is 11.3 Å². The van der Waals surface area contributed by atoms with E-state index in [4.69, 9.17) is 9.26 Å². The molecule has 1 aliphatic heterocycles. The average molecular weight is 357 g/mol. The van der Waals surface area contributed by atoms with Crippen molar-refractivity contribution in [1.29, 1.82) is 0 Å². The molecular weight excluding hydrogens is 338 g/mol. The summed E-state index contributed by atoms with van der Waals surface area (Å²) in [5, 5.41) is 16.3. The van der Waals surface area contributed by atoms with E-state index in [1.54, 1.807) is 18.4 Å². The molecule has 3 aromatic rings. The van der Waals surface area contributed by atoms with Gasteiger partial charge < -0.3 is 14.4 Å². The minimum Gasteiger partial charge on any atom is -0.497 e. The van der Waals surface area contributed by atoms with E-state index < -0.39 is 0 Å². The quantitative estimate of drug-likeness (QED) is 0.756. The first-order valence-electron chi connectivity index (χ1n) is 8.15. The highest BCUT2D eigenvalue weighted by Gasteiger charge is 2.36. The zero-order valence-electron chi connectivity index (χ0n) is 13.8. The lowest BCUT2D eigenvalue weighted by Crippen LogP contribution is -2.24. The summed E-state index contributed by atoms with van der Waals surface area (Å²) < 4.78 is 10.7. The molecule has 3 heterocycles. The van der Waals surface area contributed by atoms with Crippen LogP contribution in [0.4, 0.5) is 0 Å². The van der Waals surface area contributed by atoms with Crippen molar-refractivity contribution in [1.82, 2.24) is 15.0 Å². The third-order valence-corrected chi connectivity index (χ3v) is 5.26. The number of ether oxygens (including phenoxy) is 1. The zero-order chi connectivity index (χ0) is 17.2. The summed E-state index contributed by atoms with van der Waals surface area (Å²) in [6, 6.07) is 11.6. The van der Waals surface area contributed by atoms with Gasteiger partial charge in [-0.05, 0) is 42.1 Å². The van der Waals surface area contributed by atoms with Gasteiger partial charge in [0.2, 0.25) is 11.7 Å². The minimum absolute atomic E-state index is 0.0587. The Morgan fingerprint density at radius 2 is 2.16 bits per heavy atom. The highest BCUT2D eigenvalue weighted by atomic mass is 32.1. The van der Waals surface area contributed by atoms with Crippen LogP contribution >= 0.6 is 11.3 Å². The van der Waals surface area contributed by atoms with E-state index in [0.29, 0.717) is 24.7 Å². The minimum atomic E-state index is -0.374. The van der Waals surface area contributed by atoms with Gasteiger partial charge in [-0.1, -0.05) is 11.2 Å². The molecule has 0 saturated carbocycles. The van der Waals surface area contributed by atoms with Crippen molar-refractivity contribution in [3.8, 4) is 17.1 Å². The number of likely N-dealkylation sites (tertiary alicyclic amines) is 1. The van der Waals surface area contributed by atoms with Crippen LogP contribution in [0.15, 0.2) is 46.3 Å². The molecule has 1 N–H and O–H groups in total. The number of β-amino-alcohol motifs (C(OH)–C–C–N with tert-alkyl or cyclic N) is 1. The van der Waals surface area contributed by atoms with Crippen LogP contribution < -0.4 is 4.74 Å². The summed E-state index contributed by atoms with van der Waals surface area (Å²) >= 11 is 1.71. The number of aromatic nitrogens is 2. The molecule has 7 heteroatoms. The second kappa shape index (κ2) is 6.95. The predicted molar refractivity (Wildman–Crippen MR) is 94.4 cm³/mol. The van der Waals surface area contributed by atoms with Gasteiger partial charge in [0.25, 0.3) is 0 Å². The van der Waals surface area contributed by atoms with Crippen LogP contribution in [0.25, 0.3) is 11.4 Å². The van der Waals surface area contributed by atoms with E-state index in [2.05, 4.69) is 26.5 Å². The van der Waals surface area contributed by atoms with Crippen molar-refractivity contribution < 1.29 is 14.4 Å². The first-order chi connectivity index (χ1) is 12.2. The monoisotopic (exact) mass is 357 g/mol. The van der Waals surface area contributed by atoms with Crippen molar-refractivity contribution in [3.63, 3.8) is 0 Å². The summed E-state index contributed by atoms with van der Waals surface area (Å²) in [4.78, 5) is 8.02. The molecule has 25 heavy (non-hydrogen) atoms. The van der Waals surface area contributed by atoms with Gasteiger partial charge in [-0.3, -0.25) is 4.90 Å². The number of hydrogen-bond donors (Lipinski definition) is 1. The number of rotatable bonds is 5. The Balaban J connectivity index is 1.55. The van der Waals surface area contributed by atoms with Gasteiger partial charge in [0.15, 0.2) is 0 Å². The van der Waals surface area contributed by atoms with Gasteiger partial charge in [0, 0.05) is 23.5 Å². The third kappa shape index (κ3) is 3.44. The van der Waals surface area contributed by atoms with E-state index in [0.717, 1.165) is 17.9 Å². The lowest BCUT2D eigenvalue weighted by molar-refractivity contribution is 0.170. The van der Waals surface area contributed by atoms with E-state index in [1.165, 1.54) is 4.88 Å².